The highest BCUT2D eigenvalue weighted by Gasteiger charge is 1.93. The van der Waals surface area contributed by atoms with E-state index >= 15 is 0 Å². The topological polar surface area (TPSA) is 12.4 Å². The van der Waals surface area contributed by atoms with Gasteiger partial charge in [-0.1, -0.05) is 71.9 Å². The molecule has 0 amide bonds. The van der Waals surface area contributed by atoms with Crippen LogP contribution in [0, 0.1) is 0 Å². The van der Waals surface area contributed by atoms with Gasteiger partial charge in [-0.25, -0.2) is 0 Å². The van der Waals surface area contributed by atoms with Crippen LogP contribution in [-0.4, -0.2) is 12.8 Å². The Morgan fingerprint density at radius 1 is 1.39 bits per heavy atom. The second-order valence-electron chi connectivity index (χ2n) is 3.78. The number of benzene rings is 1. The molecule has 1 nitrogen and oxygen atoms in total. The van der Waals surface area contributed by atoms with Gasteiger partial charge in [-0.3, -0.25) is 4.99 Å². The van der Waals surface area contributed by atoms with Crippen LogP contribution in [-0.2, 0) is 0 Å². The molecule has 0 aliphatic carbocycles. The van der Waals surface area contributed by atoms with Crippen LogP contribution in [0.15, 0.2) is 70.2 Å². The lowest BCUT2D eigenvalue weighted by molar-refractivity contribution is 1.16. The van der Waals surface area contributed by atoms with Gasteiger partial charge in [0.05, 0.1) is 6.54 Å². The minimum atomic E-state index is 0.670. The van der Waals surface area contributed by atoms with Crippen molar-refractivity contribution in [1.82, 2.24) is 0 Å². The van der Waals surface area contributed by atoms with Crippen LogP contribution in [0.2, 0.25) is 0 Å². The summed E-state index contributed by atoms with van der Waals surface area (Å²) < 4.78 is 1.06. The molecule has 0 heterocycles. The number of nitrogens with zero attached hydrogens (tertiary/aromatic N) is 1. The molecule has 1 aromatic rings. The number of hydrogen-bond donors (Lipinski definition) is 0. The maximum atomic E-state index is 4.45. The third-order valence-electron chi connectivity index (χ3n) is 2.31. The van der Waals surface area contributed by atoms with Gasteiger partial charge in [-0.05, 0) is 18.1 Å². The molecule has 0 saturated carbocycles. The van der Waals surface area contributed by atoms with E-state index in [1.54, 1.807) is 6.08 Å². The molecule has 0 bridgehead atoms. The average molecular weight is 304 g/mol. The summed E-state index contributed by atoms with van der Waals surface area (Å²) >= 11 is 3.50. The van der Waals surface area contributed by atoms with Crippen molar-refractivity contribution < 1.29 is 0 Å². The van der Waals surface area contributed by atoms with E-state index in [9.17, 15) is 0 Å². The zero-order valence-electron chi connectivity index (χ0n) is 10.6. The summed E-state index contributed by atoms with van der Waals surface area (Å²) in [5.74, 6) is 0. The van der Waals surface area contributed by atoms with Crippen molar-refractivity contribution in [2.45, 2.75) is 13.3 Å². The second kappa shape index (κ2) is 8.65. The molecule has 94 valence electrons. The van der Waals surface area contributed by atoms with Crippen molar-refractivity contribution in [2.75, 3.05) is 6.54 Å². The van der Waals surface area contributed by atoms with E-state index in [1.807, 2.05) is 36.6 Å². The van der Waals surface area contributed by atoms with Crippen LogP contribution < -0.4 is 0 Å². The third kappa shape index (κ3) is 5.28. The predicted molar refractivity (Wildman–Crippen MR) is 84.3 cm³/mol. The quantitative estimate of drug-likeness (QED) is 0.521. The summed E-state index contributed by atoms with van der Waals surface area (Å²) in [5.41, 5.74) is 2.25. The first kappa shape index (κ1) is 14.7. The number of hydrogen-bond acceptors (Lipinski definition) is 1. The largest absolute Gasteiger partial charge is 0.288 e. The van der Waals surface area contributed by atoms with E-state index in [-0.39, 0.29) is 0 Å². The molecule has 0 aromatic heterocycles. The van der Waals surface area contributed by atoms with Gasteiger partial charge in [0, 0.05) is 16.3 Å². The van der Waals surface area contributed by atoms with Gasteiger partial charge in [0.15, 0.2) is 0 Å². The number of allylic oxidation sites excluding steroid dienone is 3. The first-order valence-corrected chi connectivity index (χ1v) is 6.79. The highest BCUT2D eigenvalue weighted by molar-refractivity contribution is 9.10. The van der Waals surface area contributed by atoms with Crippen LogP contribution in [0.25, 0.3) is 0 Å². The third-order valence-corrected chi connectivity index (χ3v) is 3.03. The molecule has 0 unspecified atom stereocenters. The summed E-state index contributed by atoms with van der Waals surface area (Å²) in [5, 5.41) is 0. The second-order valence-corrected chi connectivity index (χ2v) is 4.63. The highest BCUT2D eigenvalue weighted by atomic mass is 79.9. The SMILES string of the molecule is C=C/C=C(\C=C/CC)CN=Cc1ccccc1Br. The van der Waals surface area contributed by atoms with Crippen molar-refractivity contribution >= 4 is 22.1 Å². The summed E-state index contributed by atoms with van der Waals surface area (Å²) in [6, 6.07) is 8.04. The Labute approximate surface area is 118 Å². The van der Waals surface area contributed by atoms with Gasteiger partial charge in [0.2, 0.25) is 0 Å². The van der Waals surface area contributed by atoms with Crippen LogP contribution >= 0.6 is 15.9 Å². The molecule has 0 N–H and O–H groups in total. The lowest BCUT2D eigenvalue weighted by Gasteiger charge is -1.98. The maximum Gasteiger partial charge on any atom is 0.0639 e. The standard InChI is InChI=1S/C16H18BrN/c1-3-5-9-14(8-4-2)12-18-13-15-10-6-7-11-16(15)17/h4-11,13H,2-3,12H2,1H3/b9-5-,14-8+,18-13?. The number of rotatable bonds is 6. The fourth-order valence-corrected chi connectivity index (χ4v) is 1.80. The fraction of sp³-hybridized carbons (Fsp3) is 0.188. The van der Waals surface area contributed by atoms with Gasteiger partial charge in [-0.15, -0.1) is 0 Å². The first-order chi connectivity index (χ1) is 8.77. The lowest BCUT2D eigenvalue weighted by atomic mass is 10.2. The van der Waals surface area contributed by atoms with Crippen LogP contribution in [0.3, 0.4) is 0 Å². The molecule has 0 aliphatic rings. The van der Waals surface area contributed by atoms with Gasteiger partial charge in [0.25, 0.3) is 0 Å². The Hall–Kier alpha value is -1.41. The van der Waals surface area contributed by atoms with Gasteiger partial charge < -0.3 is 0 Å². The zero-order chi connectivity index (χ0) is 13.2. The molecular weight excluding hydrogens is 286 g/mol. The molecule has 1 aromatic carbocycles. The monoisotopic (exact) mass is 303 g/mol. The molecule has 0 spiro atoms. The summed E-state index contributed by atoms with van der Waals surface area (Å²) in [4.78, 5) is 4.45. The summed E-state index contributed by atoms with van der Waals surface area (Å²) in [6.45, 7) is 6.51. The number of halogens is 1. The van der Waals surface area contributed by atoms with Crippen molar-refractivity contribution in [1.29, 1.82) is 0 Å². The van der Waals surface area contributed by atoms with Crippen molar-refractivity contribution in [3.63, 3.8) is 0 Å². The normalized spacial score (nSPS) is 12.4. The van der Waals surface area contributed by atoms with Crippen LogP contribution in [0.1, 0.15) is 18.9 Å². The lowest BCUT2D eigenvalue weighted by Crippen LogP contribution is -1.88. The molecule has 0 radical (unpaired) electrons. The molecule has 2 heteroatoms. The zero-order valence-corrected chi connectivity index (χ0v) is 12.2. The number of aliphatic imine (C=N–C) groups is 1. The molecule has 0 saturated heterocycles. The Kier molecular flexibility index (Phi) is 7.04. The molecule has 0 aliphatic heterocycles. The van der Waals surface area contributed by atoms with Crippen molar-refractivity contribution in [3.05, 3.63) is 70.8 Å². The van der Waals surface area contributed by atoms with E-state index in [2.05, 4.69) is 46.6 Å². The molecular formula is C16H18BrN. The molecule has 18 heavy (non-hydrogen) atoms. The molecule has 1 rings (SSSR count). The summed E-state index contributed by atoms with van der Waals surface area (Å²) in [6.07, 6.45) is 10.9. The average Bonchev–Trinajstić information content (AvgIpc) is 2.38. The van der Waals surface area contributed by atoms with E-state index in [0.29, 0.717) is 6.54 Å². The Morgan fingerprint density at radius 2 is 2.17 bits per heavy atom. The first-order valence-electron chi connectivity index (χ1n) is 6.00. The van der Waals surface area contributed by atoms with Crippen LogP contribution in [0.4, 0.5) is 0 Å². The van der Waals surface area contributed by atoms with Gasteiger partial charge in [0.1, 0.15) is 0 Å². The predicted octanol–water partition coefficient (Wildman–Crippen LogP) is 4.95. The smallest absolute Gasteiger partial charge is 0.0639 e. The molecule has 0 atom stereocenters. The Balaban J connectivity index is 2.68. The van der Waals surface area contributed by atoms with Gasteiger partial charge >= 0.3 is 0 Å². The van der Waals surface area contributed by atoms with E-state index in [4.69, 9.17) is 0 Å². The Bertz CT molecular complexity index is 470. The summed E-state index contributed by atoms with van der Waals surface area (Å²) in [7, 11) is 0. The van der Waals surface area contributed by atoms with E-state index < -0.39 is 0 Å². The van der Waals surface area contributed by atoms with Gasteiger partial charge in [-0.2, -0.15) is 0 Å². The van der Waals surface area contributed by atoms with E-state index in [0.717, 1.165) is 22.0 Å². The fourth-order valence-electron chi connectivity index (χ4n) is 1.41. The maximum absolute atomic E-state index is 4.45. The Morgan fingerprint density at radius 3 is 2.83 bits per heavy atom. The van der Waals surface area contributed by atoms with Crippen molar-refractivity contribution in [3.8, 4) is 0 Å². The van der Waals surface area contributed by atoms with Crippen LogP contribution in [0.5, 0.6) is 0 Å². The molecule has 0 fully saturated rings. The minimum Gasteiger partial charge on any atom is -0.288 e. The minimum absolute atomic E-state index is 0.670. The van der Waals surface area contributed by atoms with Crippen molar-refractivity contribution in [2.24, 2.45) is 4.99 Å². The highest BCUT2D eigenvalue weighted by Crippen LogP contribution is 2.13. The van der Waals surface area contributed by atoms with E-state index in [1.165, 1.54) is 0 Å².